The monoisotopic (exact) mass is 124 g/mol. The first-order chi connectivity index (χ1) is 2.56. The maximum absolute atomic E-state index is 9.81. The molecule has 0 amide bonds. The van der Waals surface area contributed by atoms with Gasteiger partial charge in [0.2, 0.25) is 0 Å². The van der Waals surface area contributed by atoms with Crippen LogP contribution < -0.4 is 0 Å². The summed E-state index contributed by atoms with van der Waals surface area (Å²) in [4.78, 5) is 0. The summed E-state index contributed by atoms with van der Waals surface area (Å²) < 4.78 is 17.9. The molecule has 4 heteroatoms. The average molecular weight is 124 g/mol. The number of hydrogen-bond donors (Lipinski definition) is 1. The third-order valence-corrected chi connectivity index (χ3v) is 1.04. The maximum atomic E-state index is 9.81. The van der Waals surface area contributed by atoms with Crippen LogP contribution in [0, 0.1) is 0 Å². The van der Waals surface area contributed by atoms with Crippen molar-refractivity contribution in [1.29, 1.82) is 0 Å². The van der Waals surface area contributed by atoms with E-state index >= 15 is 0 Å². The Bertz CT molecular complexity index is 120. The van der Waals surface area contributed by atoms with Crippen LogP contribution >= 0.6 is 0 Å². The molecule has 0 aliphatic rings. The molecule has 0 radical (unpaired) electrons. The lowest BCUT2D eigenvalue weighted by molar-refractivity contribution is 0.572. The Balaban J connectivity index is 4.25. The highest BCUT2D eigenvalue weighted by atomic mass is 32.8. The summed E-state index contributed by atoms with van der Waals surface area (Å²) in [5.41, 5.74) is 0. The van der Waals surface area contributed by atoms with Gasteiger partial charge in [0.15, 0.2) is 8.77 Å². The third-order valence-electron chi connectivity index (χ3n) is 0.211. The molecule has 0 heterocycles. The van der Waals surface area contributed by atoms with Crippen LogP contribution in [0.15, 0.2) is 12.0 Å². The number of hydrogen-bond acceptors (Lipinski definition) is 2. The Morgan fingerprint density at radius 3 is 2.17 bits per heavy atom. The minimum Gasteiger partial charge on any atom is -0.302 e. The van der Waals surface area contributed by atoms with Crippen molar-refractivity contribution >= 4 is 20.0 Å². The molecule has 2 nitrogen and oxygen atoms in total. The van der Waals surface area contributed by atoms with Gasteiger partial charge >= 0.3 is 0 Å². The Morgan fingerprint density at radius 1 is 2.00 bits per heavy atom. The molecule has 0 aliphatic carbocycles. The molecular weight excluding hydrogens is 120 g/mol. The molecule has 0 fully saturated rings. The van der Waals surface area contributed by atoms with Gasteiger partial charge in [0.25, 0.3) is 0 Å². The van der Waals surface area contributed by atoms with Gasteiger partial charge in [-0.2, -0.15) is 0 Å². The van der Waals surface area contributed by atoms with Crippen molar-refractivity contribution in [3.8, 4) is 0 Å². The molecule has 0 saturated carbocycles. The predicted octanol–water partition coefficient (Wildman–Crippen LogP) is 0.349. The molecule has 0 spiro atoms. The van der Waals surface area contributed by atoms with Crippen molar-refractivity contribution in [2.24, 2.45) is 0 Å². The van der Waals surface area contributed by atoms with Crippen molar-refractivity contribution in [1.82, 2.24) is 0 Å². The van der Waals surface area contributed by atoms with E-state index in [1.54, 1.807) is 0 Å². The highest BCUT2D eigenvalue weighted by Gasteiger charge is 1.82. The average Bonchev–Trinajstić information content (AvgIpc) is 1.35. The standard InChI is InChI=1S/C2H4O2S2/c1-2-6(3,4)5/h2H,1H2,(H,3,4,5). The van der Waals surface area contributed by atoms with Crippen molar-refractivity contribution in [3.63, 3.8) is 0 Å². The normalized spacial score (nSPS) is 18.8. The van der Waals surface area contributed by atoms with E-state index in [9.17, 15) is 4.21 Å². The Hall–Kier alpha value is 0.0700. The fourth-order valence-electron chi connectivity index (χ4n) is 0. The van der Waals surface area contributed by atoms with Gasteiger partial charge in [0.1, 0.15) is 0 Å². The van der Waals surface area contributed by atoms with Crippen LogP contribution in [0.4, 0.5) is 0 Å². The fourth-order valence-corrected chi connectivity index (χ4v) is 0. The summed E-state index contributed by atoms with van der Waals surface area (Å²) in [5, 5.41) is 0.836. The lowest BCUT2D eigenvalue weighted by Gasteiger charge is -1.78. The topological polar surface area (TPSA) is 37.3 Å². The smallest absolute Gasteiger partial charge is 0.163 e. The lowest BCUT2D eigenvalue weighted by Crippen LogP contribution is -1.83. The van der Waals surface area contributed by atoms with E-state index < -0.39 is 8.77 Å². The van der Waals surface area contributed by atoms with Gasteiger partial charge in [0.05, 0.1) is 0 Å². The van der Waals surface area contributed by atoms with Crippen molar-refractivity contribution in [2.45, 2.75) is 0 Å². The maximum Gasteiger partial charge on any atom is 0.163 e. The van der Waals surface area contributed by atoms with Gasteiger partial charge in [-0.1, -0.05) is 6.58 Å². The van der Waals surface area contributed by atoms with Crippen LogP contribution in [-0.4, -0.2) is 8.76 Å². The van der Waals surface area contributed by atoms with Gasteiger partial charge in [0, 0.05) is 16.6 Å². The van der Waals surface area contributed by atoms with E-state index in [2.05, 4.69) is 17.8 Å². The van der Waals surface area contributed by atoms with E-state index in [0.717, 1.165) is 5.41 Å². The second kappa shape index (κ2) is 1.68. The molecule has 0 rings (SSSR count). The van der Waals surface area contributed by atoms with E-state index in [-0.39, 0.29) is 0 Å². The molecule has 1 unspecified atom stereocenters. The SMILES string of the molecule is C=CS(=O)(O)=S. The summed E-state index contributed by atoms with van der Waals surface area (Å²) >= 11 is 3.95. The molecule has 1 N–H and O–H groups in total. The first kappa shape index (κ1) is 6.07. The van der Waals surface area contributed by atoms with Crippen LogP contribution in [0.25, 0.3) is 0 Å². The highest BCUT2D eigenvalue weighted by Crippen LogP contribution is 1.77. The van der Waals surface area contributed by atoms with Gasteiger partial charge in [-0.3, -0.25) is 0 Å². The zero-order valence-electron chi connectivity index (χ0n) is 2.96. The molecule has 0 aromatic rings. The van der Waals surface area contributed by atoms with Crippen LogP contribution in [0.5, 0.6) is 0 Å². The third kappa shape index (κ3) is 4.07. The van der Waals surface area contributed by atoms with E-state index in [1.165, 1.54) is 0 Å². The summed E-state index contributed by atoms with van der Waals surface area (Å²) in [6.45, 7) is 3.00. The van der Waals surface area contributed by atoms with Gasteiger partial charge in [-0.15, -0.1) is 0 Å². The van der Waals surface area contributed by atoms with Crippen LogP contribution in [-0.2, 0) is 20.0 Å². The second-order valence-electron chi connectivity index (χ2n) is 0.682. The van der Waals surface area contributed by atoms with Crippen molar-refractivity contribution in [2.75, 3.05) is 0 Å². The molecule has 6 heavy (non-hydrogen) atoms. The van der Waals surface area contributed by atoms with Gasteiger partial charge in [-0.05, 0) is 0 Å². The molecule has 0 aliphatic heterocycles. The van der Waals surface area contributed by atoms with E-state index in [1.807, 2.05) is 0 Å². The number of rotatable bonds is 1. The summed E-state index contributed by atoms with van der Waals surface area (Å²) in [6, 6.07) is 0. The van der Waals surface area contributed by atoms with Crippen LogP contribution in [0.3, 0.4) is 0 Å². The second-order valence-corrected chi connectivity index (χ2v) is 3.48. The molecular formula is C2H4O2S2. The molecule has 1 atom stereocenters. The largest absolute Gasteiger partial charge is 0.302 e. The molecule has 0 bridgehead atoms. The van der Waals surface area contributed by atoms with Crippen LogP contribution in [0.2, 0.25) is 0 Å². The van der Waals surface area contributed by atoms with E-state index in [4.69, 9.17) is 4.55 Å². The predicted molar refractivity (Wildman–Crippen MR) is 28.3 cm³/mol. The minimum atomic E-state index is -3.06. The first-order valence-corrected chi connectivity index (χ1v) is 3.66. The van der Waals surface area contributed by atoms with Crippen molar-refractivity contribution in [3.05, 3.63) is 12.0 Å². The zero-order valence-corrected chi connectivity index (χ0v) is 4.59. The molecule has 0 aromatic heterocycles. The first-order valence-electron chi connectivity index (χ1n) is 1.16. The van der Waals surface area contributed by atoms with Crippen LogP contribution in [0.1, 0.15) is 0 Å². The van der Waals surface area contributed by atoms with Gasteiger partial charge < -0.3 is 4.55 Å². The molecule has 0 aromatic carbocycles. The quantitative estimate of drug-likeness (QED) is 0.548. The molecule has 36 valence electrons. The molecule has 0 saturated heterocycles. The summed E-state index contributed by atoms with van der Waals surface area (Å²) in [5.74, 6) is 0. The Kier molecular flexibility index (Phi) is 1.70. The highest BCUT2D eigenvalue weighted by molar-refractivity contribution is 8.31. The van der Waals surface area contributed by atoms with Crippen molar-refractivity contribution < 1.29 is 8.76 Å². The summed E-state index contributed by atoms with van der Waals surface area (Å²) in [6.07, 6.45) is 0. The Morgan fingerprint density at radius 2 is 2.17 bits per heavy atom. The fraction of sp³-hybridized carbons (Fsp3) is 0. The zero-order chi connectivity index (χ0) is 5.21. The minimum absolute atomic E-state index is 0.836. The Labute approximate surface area is 41.4 Å². The van der Waals surface area contributed by atoms with Gasteiger partial charge in [-0.25, -0.2) is 4.21 Å². The summed E-state index contributed by atoms with van der Waals surface area (Å²) in [7, 11) is -3.06. The van der Waals surface area contributed by atoms with E-state index in [0.29, 0.717) is 0 Å². The lowest BCUT2D eigenvalue weighted by atomic mass is 11.3.